The Morgan fingerprint density at radius 3 is 2.24 bits per heavy atom. The third-order valence-corrected chi connectivity index (χ3v) is 5.82. The number of aromatic nitrogens is 1. The van der Waals surface area contributed by atoms with Crippen LogP contribution in [0.2, 0.25) is 0 Å². The molecule has 0 amide bonds. The van der Waals surface area contributed by atoms with Crippen LogP contribution in [0.4, 0.5) is 0 Å². The van der Waals surface area contributed by atoms with Crippen LogP contribution in [0.1, 0.15) is 68.9 Å². The van der Waals surface area contributed by atoms with Gasteiger partial charge in [-0.1, -0.05) is 68.1 Å². The van der Waals surface area contributed by atoms with Crippen LogP contribution in [0.5, 0.6) is 0 Å². The molecule has 4 heteroatoms. The Morgan fingerprint density at radius 1 is 0.912 bits per heavy atom. The molecule has 0 saturated heterocycles. The lowest BCUT2D eigenvalue weighted by atomic mass is 9.92. The van der Waals surface area contributed by atoms with Crippen LogP contribution < -0.4 is 5.32 Å². The van der Waals surface area contributed by atoms with Crippen molar-refractivity contribution in [3.8, 4) is 0 Å². The summed E-state index contributed by atoms with van der Waals surface area (Å²) < 4.78 is 0. The third kappa shape index (κ3) is 9.70. The van der Waals surface area contributed by atoms with Gasteiger partial charge in [0.05, 0.1) is 5.52 Å². The van der Waals surface area contributed by atoms with Gasteiger partial charge < -0.3 is 5.32 Å². The zero-order chi connectivity index (χ0) is 24.8. The number of nitrogens with zero attached hydrogens (tertiary/aromatic N) is 1. The van der Waals surface area contributed by atoms with Gasteiger partial charge in [-0.05, 0) is 63.6 Å². The third-order valence-electron chi connectivity index (χ3n) is 5.82. The first-order valence-electron chi connectivity index (χ1n) is 12.2. The number of pyridine rings is 1. The largest absolute Gasteiger partial charge is 0.389 e. The average molecular weight is 459 g/mol. The van der Waals surface area contributed by atoms with Crippen molar-refractivity contribution in [2.75, 3.05) is 6.54 Å². The summed E-state index contributed by atoms with van der Waals surface area (Å²) >= 11 is 0. The highest BCUT2D eigenvalue weighted by Gasteiger charge is 2.15. The van der Waals surface area contributed by atoms with Crippen LogP contribution >= 0.6 is 0 Å². The molecular weight excluding hydrogens is 420 g/mol. The first-order valence-corrected chi connectivity index (χ1v) is 12.2. The van der Waals surface area contributed by atoms with Crippen LogP contribution in [0, 0.1) is 5.92 Å². The van der Waals surface area contributed by atoms with E-state index in [1.54, 1.807) is 13.0 Å². The molecule has 0 aliphatic heterocycles. The molecule has 0 saturated carbocycles. The van der Waals surface area contributed by atoms with E-state index < -0.39 is 0 Å². The molecule has 2 aromatic carbocycles. The lowest BCUT2D eigenvalue weighted by molar-refractivity contribution is -0.121. The van der Waals surface area contributed by atoms with E-state index in [0.717, 1.165) is 48.8 Å². The number of aryl methyl sites for hydroxylation is 1. The lowest BCUT2D eigenvalue weighted by Crippen LogP contribution is -2.16. The molecule has 1 heterocycles. The summed E-state index contributed by atoms with van der Waals surface area (Å²) in [6, 6.07) is 22.0. The van der Waals surface area contributed by atoms with Crippen LogP contribution in [-0.4, -0.2) is 23.1 Å². The van der Waals surface area contributed by atoms with Gasteiger partial charge in [0.2, 0.25) is 0 Å². The fourth-order valence-electron chi connectivity index (χ4n) is 3.77. The van der Waals surface area contributed by atoms with Gasteiger partial charge in [0, 0.05) is 30.0 Å². The Kier molecular flexibility index (Phi) is 11.7. The predicted octanol–water partition coefficient (Wildman–Crippen LogP) is 6.95. The number of nitrogens with one attached hydrogen (secondary N) is 1. The maximum absolute atomic E-state index is 12.4. The molecule has 0 bridgehead atoms. The summed E-state index contributed by atoms with van der Waals surface area (Å²) in [4.78, 5) is 28.7. The number of rotatable bonds is 12. The van der Waals surface area contributed by atoms with E-state index >= 15 is 0 Å². The molecule has 0 fully saturated rings. The normalized spacial score (nSPS) is 11.3. The van der Waals surface area contributed by atoms with Gasteiger partial charge in [-0.2, -0.15) is 0 Å². The summed E-state index contributed by atoms with van der Waals surface area (Å²) in [7, 11) is 0. The molecule has 34 heavy (non-hydrogen) atoms. The number of ketones is 2. The number of carbonyl (C=O) groups excluding carboxylic acids is 2. The van der Waals surface area contributed by atoms with Gasteiger partial charge in [-0.25, -0.2) is 4.98 Å². The standard InChI is InChI=1S/C22H28N2O2.C8H10/c1-16(2)23-15-7-10-18(17(3)25)9-6-12-22(26)21-14-13-19-8-4-5-11-20(19)24-21;1-2-8-6-4-3-5-7-8/h4-5,8,11,13-14,18,23H,1,6-7,9-10,12,15H2,2-3H3;3-7H,2H2,1H3. The van der Waals surface area contributed by atoms with Crippen molar-refractivity contribution in [2.24, 2.45) is 5.92 Å². The minimum Gasteiger partial charge on any atom is -0.389 e. The highest BCUT2D eigenvalue weighted by atomic mass is 16.1. The summed E-state index contributed by atoms with van der Waals surface area (Å²) in [6.45, 7) is 10.4. The van der Waals surface area contributed by atoms with E-state index in [-0.39, 0.29) is 17.5 Å². The molecule has 1 N–H and O–H groups in total. The average Bonchev–Trinajstić information content (AvgIpc) is 2.85. The number of Topliss-reactive ketones (excluding diaryl/α,β-unsaturated/α-hetero) is 2. The van der Waals surface area contributed by atoms with Crippen molar-refractivity contribution in [1.82, 2.24) is 10.3 Å². The second-order valence-corrected chi connectivity index (χ2v) is 8.70. The SMILES string of the molecule is C=C(C)NCCCC(CCCC(=O)c1ccc2ccccc2n1)C(C)=O.CCc1ccccc1. The number of allylic oxidation sites excluding steroid dienone is 1. The minimum absolute atomic E-state index is 0.0271. The number of hydrogen-bond acceptors (Lipinski definition) is 4. The predicted molar refractivity (Wildman–Crippen MR) is 142 cm³/mol. The van der Waals surface area contributed by atoms with Crippen molar-refractivity contribution in [3.63, 3.8) is 0 Å². The summed E-state index contributed by atoms with van der Waals surface area (Å²) in [5.74, 6) is 0.276. The Bertz CT molecular complexity index is 1060. The molecule has 1 unspecified atom stereocenters. The quantitative estimate of drug-likeness (QED) is 0.236. The smallest absolute Gasteiger partial charge is 0.181 e. The fourth-order valence-corrected chi connectivity index (χ4v) is 3.77. The maximum Gasteiger partial charge on any atom is 0.181 e. The van der Waals surface area contributed by atoms with Crippen molar-refractivity contribution in [2.45, 2.75) is 59.3 Å². The molecular formula is C30H38N2O2. The van der Waals surface area contributed by atoms with Gasteiger partial charge in [-0.15, -0.1) is 0 Å². The van der Waals surface area contributed by atoms with Crippen LogP contribution in [-0.2, 0) is 11.2 Å². The topological polar surface area (TPSA) is 59.1 Å². The van der Waals surface area contributed by atoms with Crippen LogP contribution in [0.25, 0.3) is 10.9 Å². The van der Waals surface area contributed by atoms with E-state index in [0.29, 0.717) is 18.5 Å². The Balaban J connectivity index is 0.000000430. The van der Waals surface area contributed by atoms with E-state index in [1.165, 1.54) is 5.56 Å². The number of para-hydroxylation sites is 1. The highest BCUT2D eigenvalue weighted by Crippen LogP contribution is 2.18. The van der Waals surface area contributed by atoms with Gasteiger partial charge in [0.15, 0.2) is 5.78 Å². The minimum atomic E-state index is 0.0271. The Morgan fingerprint density at radius 2 is 1.59 bits per heavy atom. The summed E-state index contributed by atoms with van der Waals surface area (Å²) in [5, 5.41) is 4.21. The van der Waals surface area contributed by atoms with Crippen LogP contribution in [0.3, 0.4) is 0 Å². The van der Waals surface area contributed by atoms with E-state index in [1.807, 2.05) is 43.3 Å². The first-order chi connectivity index (χ1) is 16.4. The van der Waals surface area contributed by atoms with E-state index in [2.05, 4.69) is 48.1 Å². The van der Waals surface area contributed by atoms with Crippen molar-refractivity contribution >= 4 is 22.5 Å². The second kappa shape index (κ2) is 14.8. The molecule has 0 spiro atoms. The molecule has 1 aromatic heterocycles. The second-order valence-electron chi connectivity index (χ2n) is 8.70. The number of fused-ring (bicyclic) bond motifs is 1. The lowest BCUT2D eigenvalue weighted by Gasteiger charge is -2.14. The summed E-state index contributed by atoms with van der Waals surface area (Å²) in [6.07, 6.45) is 4.81. The molecule has 3 rings (SSSR count). The molecule has 0 aliphatic rings. The summed E-state index contributed by atoms with van der Waals surface area (Å²) in [5.41, 5.74) is 3.70. The zero-order valence-corrected chi connectivity index (χ0v) is 20.8. The van der Waals surface area contributed by atoms with Gasteiger partial charge >= 0.3 is 0 Å². The first kappa shape index (κ1) is 27.0. The molecule has 3 aromatic rings. The van der Waals surface area contributed by atoms with Crippen molar-refractivity contribution in [3.05, 3.63) is 90.3 Å². The monoisotopic (exact) mass is 458 g/mol. The zero-order valence-electron chi connectivity index (χ0n) is 20.8. The van der Waals surface area contributed by atoms with E-state index in [4.69, 9.17) is 0 Å². The molecule has 0 aliphatic carbocycles. The highest BCUT2D eigenvalue weighted by molar-refractivity contribution is 5.96. The molecule has 1 atom stereocenters. The Labute approximate surface area is 204 Å². The fraction of sp³-hybridized carbons (Fsp3) is 0.367. The number of hydrogen-bond donors (Lipinski definition) is 1. The van der Waals surface area contributed by atoms with Crippen molar-refractivity contribution in [1.29, 1.82) is 0 Å². The van der Waals surface area contributed by atoms with Crippen molar-refractivity contribution < 1.29 is 9.59 Å². The van der Waals surface area contributed by atoms with Gasteiger partial charge in [-0.3, -0.25) is 9.59 Å². The number of benzene rings is 2. The number of carbonyl (C=O) groups is 2. The maximum atomic E-state index is 12.4. The molecule has 4 nitrogen and oxygen atoms in total. The molecule has 180 valence electrons. The van der Waals surface area contributed by atoms with E-state index in [9.17, 15) is 9.59 Å². The molecule has 0 radical (unpaired) electrons. The van der Waals surface area contributed by atoms with Gasteiger partial charge in [0.1, 0.15) is 11.5 Å². The van der Waals surface area contributed by atoms with Crippen LogP contribution in [0.15, 0.2) is 79.0 Å². The van der Waals surface area contributed by atoms with Gasteiger partial charge in [0.25, 0.3) is 0 Å². The Hall–Kier alpha value is -3.27.